The van der Waals surface area contributed by atoms with E-state index in [1.54, 1.807) is 28.0 Å². The zero-order valence-corrected chi connectivity index (χ0v) is 24.8. The van der Waals surface area contributed by atoms with Crippen LogP contribution in [0.1, 0.15) is 46.6 Å². The van der Waals surface area contributed by atoms with Crippen LogP contribution in [0.2, 0.25) is 0 Å². The number of fused-ring (bicyclic) bond motifs is 1. The summed E-state index contributed by atoms with van der Waals surface area (Å²) >= 11 is 3.35. The van der Waals surface area contributed by atoms with Crippen LogP contribution in [0.5, 0.6) is 0 Å². The minimum Gasteiger partial charge on any atom is -0.341 e. The maximum atomic E-state index is 13.9. The number of aromatic nitrogens is 2. The molecule has 2 amide bonds. The molecule has 6 rings (SSSR count). The first-order valence-electron chi connectivity index (χ1n) is 13.9. The molecule has 4 heterocycles. The molecule has 1 atom stereocenters. The minimum atomic E-state index is -0.0794. The van der Waals surface area contributed by atoms with Gasteiger partial charge in [0.15, 0.2) is 0 Å². The molecule has 1 fully saturated rings. The van der Waals surface area contributed by atoms with E-state index in [-0.39, 0.29) is 23.6 Å². The van der Waals surface area contributed by atoms with Gasteiger partial charge < -0.3 is 4.90 Å². The van der Waals surface area contributed by atoms with Crippen LogP contribution in [0.25, 0.3) is 16.9 Å². The number of aryl methyl sites for hydroxylation is 2. The van der Waals surface area contributed by atoms with Crippen LogP contribution in [0.15, 0.2) is 66.0 Å². The number of nitrogens with zero attached hydrogens (tertiary/aromatic N) is 4. The first-order chi connectivity index (χ1) is 19.4. The molecule has 2 aliphatic rings. The molecule has 0 radical (unpaired) electrons. The summed E-state index contributed by atoms with van der Waals surface area (Å²) in [6, 6.07) is 20.5. The van der Waals surface area contributed by atoms with Gasteiger partial charge in [0.05, 0.1) is 22.4 Å². The van der Waals surface area contributed by atoms with Crippen LogP contribution in [-0.4, -0.2) is 51.9 Å². The van der Waals surface area contributed by atoms with Crippen molar-refractivity contribution in [3.8, 4) is 16.9 Å². The number of hydrogen-bond donors (Lipinski definition) is 0. The summed E-state index contributed by atoms with van der Waals surface area (Å²) in [4.78, 5) is 32.5. The highest BCUT2D eigenvalue weighted by Gasteiger charge is 2.39. The number of carbonyl (C=O) groups is 2. The molecule has 0 saturated carbocycles. The van der Waals surface area contributed by atoms with Gasteiger partial charge in [-0.2, -0.15) is 5.10 Å². The summed E-state index contributed by atoms with van der Waals surface area (Å²) in [7, 11) is 0. The molecule has 40 heavy (non-hydrogen) atoms. The number of benzene rings is 2. The summed E-state index contributed by atoms with van der Waals surface area (Å²) in [5, 5.41) is 7.23. The van der Waals surface area contributed by atoms with Crippen LogP contribution < -0.4 is 4.90 Å². The molecule has 0 bridgehead atoms. The third-order valence-electron chi connectivity index (χ3n) is 7.98. The lowest BCUT2D eigenvalue weighted by Crippen LogP contribution is -2.46. The number of piperidine rings is 1. The Bertz CT molecular complexity index is 1520. The largest absolute Gasteiger partial charge is 0.341 e. The number of amides is 2. The van der Waals surface area contributed by atoms with Crippen molar-refractivity contribution >= 4 is 40.7 Å². The van der Waals surface area contributed by atoms with E-state index in [0.717, 1.165) is 54.0 Å². The second kappa shape index (κ2) is 11.3. The Morgan fingerprint density at radius 3 is 2.40 bits per heavy atom. The molecule has 206 valence electrons. The molecule has 6 nitrogen and oxygen atoms in total. The van der Waals surface area contributed by atoms with Crippen LogP contribution in [-0.2, 0) is 9.59 Å². The van der Waals surface area contributed by atoms with Gasteiger partial charge in [0.2, 0.25) is 11.8 Å². The third-order valence-corrected chi connectivity index (χ3v) is 10.4. The van der Waals surface area contributed by atoms with Gasteiger partial charge in [0.25, 0.3) is 0 Å². The van der Waals surface area contributed by atoms with Crippen molar-refractivity contribution < 1.29 is 9.59 Å². The van der Waals surface area contributed by atoms with E-state index in [0.29, 0.717) is 17.5 Å². The molecule has 4 aromatic rings. The van der Waals surface area contributed by atoms with E-state index in [1.807, 2.05) is 39.9 Å². The summed E-state index contributed by atoms with van der Waals surface area (Å²) in [6.45, 7) is 7.93. The van der Waals surface area contributed by atoms with Crippen molar-refractivity contribution in [3.63, 3.8) is 0 Å². The predicted octanol–water partition coefficient (Wildman–Crippen LogP) is 6.65. The highest BCUT2D eigenvalue weighted by atomic mass is 32.2. The second-order valence-electron chi connectivity index (χ2n) is 10.9. The molecule has 1 saturated heterocycles. The number of thiophene rings is 1. The Labute approximate surface area is 244 Å². The van der Waals surface area contributed by atoms with Gasteiger partial charge in [-0.1, -0.05) is 55.0 Å². The van der Waals surface area contributed by atoms with Gasteiger partial charge >= 0.3 is 0 Å². The van der Waals surface area contributed by atoms with Gasteiger partial charge in [-0.15, -0.1) is 23.1 Å². The van der Waals surface area contributed by atoms with E-state index in [2.05, 4.69) is 56.5 Å². The third kappa shape index (κ3) is 5.10. The molecular formula is C32H34N4O2S2. The summed E-state index contributed by atoms with van der Waals surface area (Å²) in [5.41, 5.74) is 6.06. The fourth-order valence-electron chi connectivity index (χ4n) is 5.55. The average molecular weight is 571 g/mol. The Balaban J connectivity index is 1.55. The van der Waals surface area contributed by atoms with Crippen molar-refractivity contribution in [2.24, 2.45) is 5.92 Å². The molecule has 2 aromatic heterocycles. The van der Waals surface area contributed by atoms with Crippen LogP contribution in [0.4, 0.5) is 5.82 Å². The van der Waals surface area contributed by atoms with Crippen LogP contribution in [0, 0.1) is 19.8 Å². The standard InChI is InChI=1S/C32H34N4O2S2/c1-21-9-11-25(12-10-21)36-32-28(29(33-36)24-7-5-4-6-8-24)31(30-23(3)15-18-39-30)40-20-27(38)35(32)19-26(37)34-16-13-22(2)14-17-34/h4-12,15,18,22,31H,13-14,16-17,19-20H2,1-3H3/t31-/m1/s1. The van der Waals surface area contributed by atoms with E-state index in [4.69, 9.17) is 5.10 Å². The first kappa shape index (κ1) is 26.8. The number of carbonyl (C=O) groups excluding carboxylic acids is 2. The highest BCUT2D eigenvalue weighted by molar-refractivity contribution is 8.00. The lowest BCUT2D eigenvalue weighted by atomic mass is 9.99. The molecule has 0 unspecified atom stereocenters. The second-order valence-corrected chi connectivity index (χ2v) is 12.9. The van der Waals surface area contributed by atoms with Gasteiger partial charge in [-0.25, -0.2) is 4.68 Å². The topological polar surface area (TPSA) is 58.4 Å². The summed E-state index contributed by atoms with van der Waals surface area (Å²) < 4.78 is 1.89. The lowest BCUT2D eigenvalue weighted by molar-refractivity contribution is -0.132. The van der Waals surface area contributed by atoms with Crippen molar-refractivity contribution in [1.29, 1.82) is 0 Å². The maximum Gasteiger partial charge on any atom is 0.242 e. The van der Waals surface area contributed by atoms with Crippen LogP contribution in [0.3, 0.4) is 0 Å². The number of thioether (sulfide) groups is 1. The smallest absolute Gasteiger partial charge is 0.242 e. The lowest BCUT2D eigenvalue weighted by Gasteiger charge is -2.32. The number of hydrogen-bond acceptors (Lipinski definition) is 5. The Morgan fingerprint density at radius 1 is 1.00 bits per heavy atom. The van der Waals surface area contributed by atoms with Gasteiger partial charge in [-0.05, 0) is 61.7 Å². The number of likely N-dealkylation sites (tertiary alicyclic amines) is 1. The van der Waals surface area contributed by atoms with E-state index >= 15 is 0 Å². The van der Waals surface area contributed by atoms with Crippen molar-refractivity contribution in [2.75, 3.05) is 30.3 Å². The predicted molar refractivity (Wildman–Crippen MR) is 164 cm³/mol. The van der Waals surface area contributed by atoms with Crippen molar-refractivity contribution in [2.45, 2.75) is 38.9 Å². The van der Waals surface area contributed by atoms with E-state index in [1.165, 1.54) is 10.4 Å². The first-order valence-corrected chi connectivity index (χ1v) is 15.8. The van der Waals surface area contributed by atoms with E-state index < -0.39 is 0 Å². The Morgan fingerprint density at radius 2 is 1.73 bits per heavy atom. The fourth-order valence-corrected chi connectivity index (χ4v) is 8.02. The van der Waals surface area contributed by atoms with Crippen LogP contribution >= 0.6 is 23.1 Å². The molecular weight excluding hydrogens is 537 g/mol. The Hall–Kier alpha value is -3.36. The summed E-state index contributed by atoms with van der Waals surface area (Å²) in [5.74, 6) is 1.56. The average Bonchev–Trinajstić information content (AvgIpc) is 3.54. The van der Waals surface area contributed by atoms with Crippen molar-refractivity contribution in [3.05, 3.63) is 87.6 Å². The Kier molecular flexibility index (Phi) is 7.55. The highest BCUT2D eigenvalue weighted by Crippen LogP contribution is 2.50. The SMILES string of the molecule is Cc1ccc(-n2nc(-c3ccccc3)c3c2N(CC(=O)N2CCC(C)CC2)C(=O)CS[C@H]3c2sccc2C)cc1. The zero-order chi connectivity index (χ0) is 27.8. The zero-order valence-electron chi connectivity index (χ0n) is 23.2. The monoisotopic (exact) mass is 570 g/mol. The molecule has 2 aromatic carbocycles. The molecule has 2 aliphatic heterocycles. The summed E-state index contributed by atoms with van der Waals surface area (Å²) in [6.07, 6.45) is 2.00. The molecule has 0 aliphatic carbocycles. The van der Waals surface area contributed by atoms with E-state index in [9.17, 15) is 9.59 Å². The number of anilines is 1. The maximum absolute atomic E-state index is 13.9. The molecule has 0 spiro atoms. The fraction of sp³-hybridized carbons (Fsp3) is 0.344. The van der Waals surface area contributed by atoms with Crippen molar-refractivity contribution in [1.82, 2.24) is 14.7 Å². The van der Waals surface area contributed by atoms with Gasteiger partial charge in [0, 0.05) is 29.1 Å². The van der Waals surface area contributed by atoms with Gasteiger partial charge in [0.1, 0.15) is 12.4 Å². The quantitative estimate of drug-likeness (QED) is 0.270. The van der Waals surface area contributed by atoms with Gasteiger partial charge in [-0.3, -0.25) is 14.5 Å². The minimum absolute atomic E-state index is 0.000119. The number of rotatable bonds is 5. The normalized spacial score (nSPS) is 18.1. The molecule has 8 heteroatoms. The molecule has 0 N–H and O–H groups in total.